The van der Waals surface area contributed by atoms with Gasteiger partial charge in [-0.2, -0.15) is 0 Å². The van der Waals surface area contributed by atoms with Crippen LogP contribution in [0, 0.1) is 11.9 Å². The molecule has 0 atom stereocenters. The van der Waals surface area contributed by atoms with Gasteiger partial charge in [0.05, 0.1) is 0 Å². The maximum Gasteiger partial charge on any atom is 0.134 e. The highest BCUT2D eigenvalue weighted by atomic mass is 19.1. The molecule has 0 aliphatic rings. The molecule has 0 aliphatic carbocycles. The van der Waals surface area contributed by atoms with Gasteiger partial charge in [0.15, 0.2) is 0 Å². The van der Waals surface area contributed by atoms with E-state index < -0.39 is 0 Å². The van der Waals surface area contributed by atoms with Crippen LogP contribution in [0.1, 0.15) is 32.8 Å². The van der Waals surface area contributed by atoms with Crippen LogP contribution in [0.5, 0.6) is 0 Å². The number of rotatable bonds is 2. The molecule has 65 valence electrons. The third kappa shape index (κ3) is 1.66. The van der Waals surface area contributed by atoms with E-state index in [0.29, 0.717) is 0 Å². The fourth-order valence-corrected chi connectivity index (χ4v) is 1.13. The molecule has 0 aliphatic heterocycles. The van der Waals surface area contributed by atoms with Gasteiger partial charge in [-0.15, -0.1) is 0 Å². The molecule has 0 unspecified atom stereocenters. The van der Waals surface area contributed by atoms with Crippen molar-refractivity contribution in [2.75, 3.05) is 0 Å². The molecule has 1 aromatic carbocycles. The van der Waals surface area contributed by atoms with Crippen LogP contribution in [0.3, 0.4) is 0 Å². The Morgan fingerprint density at radius 3 is 2.67 bits per heavy atom. The summed E-state index contributed by atoms with van der Waals surface area (Å²) in [6, 6.07) is 7.83. The molecule has 12 heavy (non-hydrogen) atoms. The lowest BCUT2D eigenvalue weighted by atomic mass is 9.82. The second kappa shape index (κ2) is 3.26. The van der Waals surface area contributed by atoms with Crippen molar-refractivity contribution in [3.8, 4) is 0 Å². The lowest BCUT2D eigenvalue weighted by Gasteiger charge is -2.23. The Hall–Kier alpha value is -0.850. The van der Waals surface area contributed by atoms with E-state index in [1.807, 2.05) is 26.0 Å². The summed E-state index contributed by atoms with van der Waals surface area (Å²) >= 11 is 0. The van der Waals surface area contributed by atoms with Gasteiger partial charge >= 0.3 is 0 Å². The minimum atomic E-state index is -0.218. The Labute approximate surface area is 73.4 Å². The largest absolute Gasteiger partial charge is 0.206 e. The SMILES string of the molecule is CCC(C)(C)c1ccc[c]c1F. The molecule has 0 fully saturated rings. The van der Waals surface area contributed by atoms with Crippen LogP contribution in [-0.4, -0.2) is 0 Å². The van der Waals surface area contributed by atoms with Crippen molar-refractivity contribution in [3.05, 3.63) is 35.6 Å². The van der Waals surface area contributed by atoms with Crippen molar-refractivity contribution in [2.24, 2.45) is 0 Å². The first-order chi connectivity index (χ1) is 5.58. The first-order valence-corrected chi connectivity index (χ1v) is 4.24. The Morgan fingerprint density at radius 2 is 2.17 bits per heavy atom. The van der Waals surface area contributed by atoms with E-state index in [4.69, 9.17) is 0 Å². The van der Waals surface area contributed by atoms with Crippen molar-refractivity contribution in [2.45, 2.75) is 32.6 Å². The Kier molecular flexibility index (Phi) is 2.51. The van der Waals surface area contributed by atoms with Crippen LogP contribution in [0.15, 0.2) is 18.2 Å². The quantitative estimate of drug-likeness (QED) is 0.630. The highest BCUT2D eigenvalue weighted by Gasteiger charge is 2.20. The number of benzene rings is 1. The summed E-state index contributed by atoms with van der Waals surface area (Å²) in [5.41, 5.74) is 0.675. The van der Waals surface area contributed by atoms with Crippen molar-refractivity contribution < 1.29 is 4.39 Å². The molecule has 0 saturated carbocycles. The topological polar surface area (TPSA) is 0 Å². The molecule has 1 aromatic rings. The van der Waals surface area contributed by atoms with Crippen LogP contribution in [0.2, 0.25) is 0 Å². The minimum Gasteiger partial charge on any atom is -0.206 e. The standard InChI is InChI=1S/C11H14F/c1-4-11(2,3)9-7-5-6-8-10(9)12/h5-7H,4H2,1-3H3. The fourth-order valence-electron chi connectivity index (χ4n) is 1.13. The molecule has 0 bridgehead atoms. The summed E-state index contributed by atoms with van der Waals surface area (Å²) in [5.74, 6) is -0.218. The first kappa shape index (κ1) is 9.24. The summed E-state index contributed by atoms with van der Waals surface area (Å²) in [6.07, 6.45) is 0.932. The molecule has 0 heterocycles. The van der Waals surface area contributed by atoms with Gasteiger partial charge < -0.3 is 0 Å². The minimum absolute atomic E-state index is 0.0815. The summed E-state index contributed by atoms with van der Waals surface area (Å²) in [5, 5.41) is 0. The third-order valence-corrected chi connectivity index (χ3v) is 2.42. The molecular formula is C11H14F. The van der Waals surface area contributed by atoms with Crippen molar-refractivity contribution in [1.82, 2.24) is 0 Å². The normalized spacial score (nSPS) is 11.7. The van der Waals surface area contributed by atoms with Gasteiger partial charge in [0, 0.05) is 6.07 Å². The summed E-state index contributed by atoms with van der Waals surface area (Å²) in [6.45, 7) is 6.14. The molecule has 0 saturated heterocycles. The van der Waals surface area contributed by atoms with Crippen molar-refractivity contribution in [3.63, 3.8) is 0 Å². The monoisotopic (exact) mass is 165 g/mol. The lowest BCUT2D eigenvalue weighted by molar-refractivity contribution is 0.468. The van der Waals surface area contributed by atoms with E-state index in [1.54, 1.807) is 6.07 Å². The Morgan fingerprint density at radius 1 is 1.50 bits per heavy atom. The van der Waals surface area contributed by atoms with Crippen LogP contribution >= 0.6 is 0 Å². The fraction of sp³-hybridized carbons (Fsp3) is 0.455. The zero-order chi connectivity index (χ0) is 9.19. The average Bonchev–Trinajstić information content (AvgIpc) is 2.05. The summed E-state index contributed by atoms with van der Waals surface area (Å²) < 4.78 is 13.2. The van der Waals surface area contributed by atoms with Gasteiger partial charge in [0.25, 0.3) is 0 Å². The van der Waals surface area contributed by atoms with Gasteiger partial charge in [-0.3, -0.25) is 0 Å². The van der Waals surface area contributed by atoms with E-state index in [0.717, 1.165) is 12.0 Å². The summed E-state index contributed by atoms with van der Waals surface area (Å²) in [7, 11) is 0. The summed E-state index contributed by atoms with van der Waals surface area (Å²) in [4.78, 5) is 0. The van der Waals surface area contributed by atoms with Gasteiger partial charge in [-0.1, -0.05) is 39.0 Å². The maximum absolute atomic E-state index is 13.2. The van der Waals surface area contributed by atoms with Crippen LogP contribution in [0.25, 0.3) is 0 Å². The smallest absolute Gasteiger partial charge is 0.134 e. The lowest BCUT2D eigenvalue weighted by Crippen LogP contribution is -2.17. The molecule has 1 rings (SSSR count). The highest BCUT2D eigenvalue weighted by molar-refractivity contribution is 5.24. The molecule has 0 nitrogen and oxygen atoms in total. The average molecular weight is 165 g/mol. The first-order valence-electron chi connectivity index (χ1n) is 4.24. The Bertz CT molecular complexity index is 263. The number of halogens is 1. The predicted octanol–water partition coefficient (Wildman–Crippen LogP) is 3.31. The van der Waals surface area contributed by atoms with Gasteiger partial charge in [0.1, 0.15) is 5.82 Å². The zero-order valence-corrected chi connectivity index (χ0v) is 7.82. The van der Waals surface area contributed by atoms with E-state index in [-0.39, 0.29) is 11.2 Å². The van der Waals surface area contributed by atoms with E-state index in [1.165, 1.54) is 0 Å². The molecule has 1 radical (unpaired) electrons. The molecule has 1 heteroatoms. The second-order valence-corrected chi connectivity index (χ2v) is 3.64. The Balaban J connectivity index is 3.10. The number of hydrogen-bond donors (Lipinski definition) is 0. The van der Waals surface area contributed by atoms with E-state index >= 15 is 0 Å². The van der Waals surface area contributed by atoms with Crippen LogP contribution < -0.4 is 0 Å². The molecule has 0 aromatic heterocycles. The van der Waals surface area contributed by atoms with Crippen LogP contribution in [-0.2, 0) is 5.41 Å². The number of hydrogen-bond acceptors (Lipinski definition) is 0. The highest BCUT2D eigenvalue weighted by Crippen LogP contribution is 2.28. The zero-order valence-electron chi connectivity index (χ0n) is 7.82. The second-order valence-electron chi connectivity index (χ2n) is 3.64. The van der Waals surface area contributed by atoms with Crippen molar-refractivity contribution >= 4 is 0 Å². The van der Waals surface area contributed by atoms with E-state index in [2.05, 4.69) is 13.0 Å². The van der Waals surface area contributed by atoms with Gasteiger partial charge in [-0.05, 0) is 17.4 Å². The van der Waals surface area contributed by atoms with E-state index in [9.17, 15) is 4.39 Å². The molecule has 0 amide bonds. The third-order valence-electron chi connectivity index (χ3n) is 2.42. The molecule has 0 N–H and O–H groups in total. The molecular weight excluding hydrogens is 151 g/mol. The van der Waals surface area contributed by atoms with Crippen LogP contribution in [0.4, 0.5) is 4.39 Å². The molecule has 0 spiro atoms. The van der Waals surface area contributed by atoms with Gasteiger partial charge in [0.2, 0.25) is 0 Å². The van der Waals surface area contributed by atoms with Gasteiger partial charge in [-0.25, -0.2) is 4.39 Å². The predicted molar refractivity (Wildman–Crippen MR) is 48.6 cm³/mol. The maximum atomic E-state index is 13.2. The van der Waals surface area contributed by atoms with Crippen molar-refractivity contribution in [1.29, 1.82) is 0 Å².